The standard InChI is InChI=1S/C29H29N5O2/c1-3-21(2)29(36)32-25-11-7-9-22(17-25)18-31-27(35)15-14-24-20-34(26-12-5-4-6-13-26)33-28(24)23-10-8-16-30-19-23/h4-17,19-21H,3,18H2,1-2H3,(H,31,35)(H,32,36)/b15-14+. The highest BCUT2D eigenvalue weighted by Gasteiger charge is 2.12. The van der Waals surface area contributed by atoms with Gasteiger partial charge in [0.15, 0.2) is 0 Å². The van der Waals surface area contributed by atoms with Crippen LogP contribution in [0.5, 0.6) is 0 Å². The molecule has 2 aromatic heterocycles. The summed E-state index contributed by atoms with van der Waals surface area (Å²) in [6, 6.07) is 21.1. The van der Waals surface area contributed by atoms with E-state index in [4.69, 9.17) is 5.10 Å². The monoisotopic (exact) mass is 479 g/mol. The van der Waals surface area contributed by atoms with Gasteiger partial charge in [0, 0.05) is 53.9 Å². The summed E-state index contributed by atoms with van der Waals surface area (Å²) in [4.78, 5) is 29.0. The molecule has 0 fully saturated rings. The second-order valence-electron chi connectivity index (χ2n) is 8.50. The maximum absolute atomic E-state index is 12.6. The zero-order valence-corrected chi connectivity index (χ0v) is 20.4. The maximum atomic E-state index is 12.6. The molecule has 4 rings (SSSR count). The van der Waals surface area contributed by atoms with E-state index in [-0.39, 0.29) is 17.7 Å². The van der Waals surface area contributed by atoms with Crippen molar-refractivity contribution in [2.75, 3.05) is 5.32 Å². The SMILES string of the molecule is CCC(C)C(=O)Nc1cccc(CNC(=O)/C=C/c2cn(-c3ccccc3)nc2-c2cccnc2)c1. The summed E-state index contributed by atoms with van der Waals surface area (Å²) in [5.74, 6) is -0.294. The Bertz CT molecular complexity index is 1350. The van der Waals surface area contributed by atoms with Crippen LogP contribution in [0.15, 0.2) is 91.4 Å². The van der Waals surface area contributed by atoms with E-state index in [1.165, 1.54) is 6.08 Å². The van der Waals surface area contributed by atoms with E-state index in [1.807, 2.05) is 86.8 Å². The molecule has 2 aromatic carbocycles. The molecule has 0 aliphatic heterocycles. The second kappa shape index (κ2) is 11.8. The number of rotatable bonds is 9. The fourth-order valence-electron chi connectivity index (χ4n) is 3.57. The molecule has 0 aliphatic carbocycles. The highest BCUT2D eigenvalue weighted by molar-refractivity contribution is 5.93. The van der Waals surface area contributed by atoms with Crippen LogP contribution in [0, 0.1) is 5.92 Å². The molecule has 0 bridgehead atoms. The number of carbonyl (C=O) groups is 2. The number of carbonyl (C=O) groups excluding carboxylic acids is 2. The van der Waals surface area contributed by atoms with Crippen molar-refractivity contribution in [3.8, 4) is 16.9 Å². The van der Waals surface area contributed by atoms with Crippen LogP contribution >= 0.6 is 0 Å². The Morgan fingerprint density at radius 3 is 2.64 bits per heavy atom. The van der Waals surface area contributed by atoms with Gasteiger partial charge < -0.3 is 10.6 Å². The van der Waals surface area contributed by atoms with Crippen LogP contribution in [-0.4, -0.2) is 26.6 Å². The first-order valence-corrected chi connectivity index (χ1v) is 11.9. The summed E-state index contributed by atoms with van der Waals surface area (Å²) in [5, 5.41) is 10.6. The molecule has 4 aromatic rings. The van der Waals surface area contributed by atoms with Crippen molar-refractivity contribution in [2.24, 2.45) is 5.92 Å². The summed E-state index contributed by atoms with van der Waals surface area (Å²) >= 11 is 0. The first-order chi connectivity index (χ1) is 17.5. The van der Waals surface area contributed by atoms with Gasteiger partial charge in [-0.15, -0.1) is 0 Å². The van der Waals surface area contributed by atoms with E-state index in [1.54, 1.807) is 23.2 Å². The van der Waals surface area contributed by atoms with Crippen molar-refractivity contribution in [3.63, 3.8) is 0 Å². The molecule has 0 radical (unpaired) electrons. The van der Waals surface area contributed by atoms with Gasteiger partial charge in [-0.3, -0.25) is 14.6 Å². The summed E-state index contributed by atoms with van der Waals surface area (Å²) in [5.41, 5.74) is 4.94. The van der Waals surface area contributed by atoms with Crippen LogP contribution in [0.25, 0.3) is 23.0 Å². The van der Waals surface area contributed by atoms with Gasteiger partial charge >= 0.3 is 0 Å². The first kappa shape index (κ1) is 24.6. The molecule has 2 amide bonds. The smallest absolute Gasteiger partial charge is 0.244 e. The zero-order valence-electron chi connectivity index (χ0n) is 20.4. The van der Waals surface area contributed by atoms with Crippen molar-refractivity contribution < 1.29 is 9.59 Å². The van der Waals surface area contributed by atoms with Crippen LogP contribution in [0.4, 0.5) is 5.69 Å². The lowest BCUT2D eigenvalue weighted by Gasteiger charge is -2.11. The highest BCUT2D eigenvalue weighted by Crippen LogP contribution is 2.24. The number of hydrogen-bond acceptors (Lipinski definition) is 4. The van der Waals surface area contributed by atoms with E-state index in [0.29, 0.717) is 6.54 Å². The number of pyridine rings is 1. The van der Waals surface area contributed by atoms with Gasteiger partial charge in [-0.1, -0.05) is 44.2 Å². The Morgan fingerprint density at radius 1 is 1.06 bits per heavy atom. The number of nitrogens with one attached hydrogen (secondary N) is 2. The van der Waals surface area contributed by atoms with Crippen molar-refractivity contribution in [1.29, 1.82) is 0 Å². The first-order valence-electron chi connectivity index (χ1n) is 11.9. The van der Waals surface area contributed by atoms with Crippen molar-refractivity contribution in [1.82, 2.24) is 20.1 Å². The third kappa shape index (κ3) is 6.33. The number of amides is 2. The average Bonchev–Trinajstić information content (AvgIpc) is 3.36. The van der Waals surface area contributed by atoms with Crippen molar-refractivity contribution in [3.05, 3.63) is 103 Å². The van der Waals surface area contributed by atoms with Gasteiger partial charge in [-0.25, -0.2) is 4.68 Å². The highest BCUT2D eigenvalue weighted by atomic mass is 16.2. The fraction of sp³-hybridized carbons (Fsp3) is 0.172. The molecule has 182 valence electrons. The number of anilines is 1. The Balaban J connectivity index is 1.45. The van der Waals surface area contributed by atoms with Crippen LogP contribution in [0.2, 0.25) is 0 Å². The van der Waals surface area contributed by atoms with Crippen LogP contribution in [-0.2, 0) is 16.1 Å². The summed E-state index contributed by atoms with van der Waals surface area (Å²) in [6.45, 7) is 4.22. The Kier molecular flexibility index (Phi) is 8.03. The molecule has 7 heteroatoms. The maximum Gasteiger partial charge on any atom is 0.244 e. The molecule has 2 N–H and O–H groups in total. The van der Waals surface area contributed by atoms with Crippen molar-refractivity contribution >= 4 is 23.6 Å². The topological polar surface area (TPSA) is 88.9 Å². The van der Waals surface area contributed by atoms with E-state index >= 15 is 0 Å². The van der Waals surface area contributed by atoms with Gasteiger partial charge in [0.1, 0.15) is 5.69 Å². The number of nitrogens with zero attached hydrogens (tertiary/aromatic N) is 3. The number of para-hydroxylation sites is 1. The lowest BCUT2D eigenvalue weighted by molar-refractivity contribution is -0.119. The van der Waals surface area contributed by atoms with Crippen LogP contribution in [0.3, 0.4) is 0 Å². The number of hydrogen-bond donors (Lipinski definition) is 2. The lowest BCUT2D eigenvalue weighted by atomic mass is 10.1. The minimum atomic E-state index is -0.228. The van der Waals surface area contributed by atoms with E-state index in [2.05, 4.69) is 15.6 Å². The molecule has 0 saturated heterocycles. The van der Waals surface area contributed by atoms with Crippen molar-refractivity contribution in [2.45, 2.75) is 26.8 Å². The average molecular weight is 480 g/mol. The summed E-state index contributed by atoms with van der Waals surface area (Å²) < 4.78 is 1.79. The molecule has 7 nitrogen and oxygen atoms in total. The van der Waals surface area contributed by atoms with E-state index < -0.39 is 0 Å². The molecule has 1 unspecified atom stereocenters. The molecule has 0 spiro atoms. The molecule has 36 heavy (non-hydrogen) atoms. The van der Waals surface area contributed by atoms with Crippen LogP contribution in [0.1, 0.15) is 31.4 Å². The third-order valence-corrected chi connectivity index (χ3v) is 5.83. The lowest BCUT2D eigenvalue weighted by Crippen LogP contribution is -2.21. The van der Waals surface area contributed by atoms with E-state index in [9.17, 15) is 9.59 Å². The van der Waals surface area contributed by atoms with Gasteiger partial charge in [-0.2, -0.15) is 5.10 Å². The Labute approximate surface area is 210 Å². The predicted octanol–water partition coefficient (Wildman–Crippen LogP) is 5.25. The molecule has 2 heterocycles. The zero-order chi connectivity index (χ0) is 25.3. The quantitative estimate of drug-likeness (QED) is 0.321. The number of benzene rings is 2. The van der Waals surface area contributed by atoms with Gasteiger partial charge in [0.25, 0.3) is 0 Å². The Hall–Kier alpha value is -4.52. The van der Waals surface area contributed by atoms with Crippen LogP contribution < -0.4 is 10.6 Å². The molecule has 0 saturated carbocycles. The molecular weight excluding hydrogens is 450 g/mol. The second-order valence-corrected chi connectivity index (χ2v) is 8.50. The molecule has 0 aliphatic rings. The summed E-state index contributed by atoms with van der Waals surface area (Å²) in [6.07, 6.45) is 9.40. The molecule has 1 atom stereocenters. The normalized spacial score (nSPS) is 11.8. The van der Waals surface area contributed by atoms with Gasteiger partial charge in [0.05, 0.1) is 5.69 Å². The minimum absolute atomic E-state index is 0.0120. The van der Waals surface area contributed by atoms with E-state index in [0.717, 1.165) is 40.2 Å². The fourth-order valence-corrected chi connectivity index (χ4v) is 3.57. The predicted molar refractivity (Wildman–Crippen MR) is 142 cm³/mol. The molecular formula is C29H29N5O2. The van der Waals surface area contributed by atoms with Gasteiger partial charge in [0.2, 0.25) is 11.8 Å². The summed E-state index contributed by atoms with van der Waals surface area (Å²) in [7, 11) is 0. The van der Waals surface area contributed by atoms with Gasteiger partial charge in [-0.05, 0) is 54.5 Å². The Morgan fingerprint density at radius 2 is 1.89 bits per heavy atom. The third-order valence-electron chi connectivity index (χ3n) is 5.83. The number of aromatic nitrogens is 3. The largest absolute Gasteiger partial charge is 0.348 e. The minimum Gasteiger partial charge on any atom is -0.348 e.